The van der Waals surface area contributed by atoms with E-state index in [0.29, 0.717) is 17.1 Å². The molecule has 0 atom stereocenters. The van der Waals surface area contributed by atoms with Crippen LogP contribution in [0.5, 0.6) is 0 Å². The number of aryl methyl sites for hydroxylation is 1. The quantitative estimate of drug-likeness (QED) is 0.383. The molecule has 2 heterocycles. The number of hydrogen-bond donors (Lipinski definition) is 3. The van der Waals surface area contributed by atoms with Crippen molar-refractivity contribution in [1.82, 2.24) is 9.80 Å². The van der Waals surface area contributed by atoms with Gasteiger partial charge in [-0.2, -0.15) is 0 Å². The molecule has 2 aromatic rings. The van der Waals surface area contributed by atoms with Gasteiger partial charge >= 0.3 is 17.9 Å². The number of carbonyl (C=O) groups is 4. The van der Waals surface area contributed by atoms with Gasteiger partial charge in [-0.25, -0.2) is 14.4 Å². The highest BCUT2D eigenvalue weighted by atomic mass is 32.1. The zero-order valence-corrected chi connectivity index (χ0v) is 20.9. The number of ether oxygens (including phenoxy) is 1. The number of rotatable bonds is 7. The molecule has 0 saturated carbocycles. The van der Waals surface area contributed by atoms with Crippen molar-refractivity contribution in [2.45, 2.75) is 20.8 Å². The molecule has 3 rings (SSSR count). The summed E-state index contributed by atoms with van der Waals surface area (Å²) >= 11 is 1.36. The first-order valence-electron chi connectivity index (χ1n) is 11.2. The summed E-state index contributed by atoms with van der Waals surface area (Å²) in [5.41, 5.74) is 3.31. The lowest BCUT2D eigenvalue weighted by atomic mass is 10.0. The summed E-state index contributed by atoms with van der Waals surface area (Å²) in [7, 11) is 0. The highest BCUT2D eigenvalue weighted by Crippen LogP contribution is 2.36. The smallest absolute Gasteiger partial charge is 0.414 e. The Morgan fingerprint density at radius 1 is 0.971 bits per heavy atom. The first-order valence-corrected chi connectivity index (χ1v) is 12.1. The van der Waals surface area contributed by atoms with Crippen LogP contribution in [0.1, 0.15) is 29.8 Å². The maximum absolute atomic E-state index is 12.6. The maximum atomic E-state index is 12.6. The molecule has 1 amide bonds. The molecule has 0 aliphatic carbocycles. The summed E-state index contributed by atoms with van der Waals surface area (Å²) in [5, 5.41) is 20.2. The molecule has 35 heavy (non-hydrogen) atoms. The monoisotopic (exact) mass is 505 g/mol. The van der Waals surface area contributed by atoms with Crippen molar-refractivity contribution in [2.75, 3.05) is 51.2 Å². The second-order valence-corrected chi connectivity index (χ2v) is 8.69. The number of anilines is 1. The van der Waals surface area contributed by atoms with Gasteiger partial charge in [0.05, 0.1) is 13.2 Å². The van der Waals surface area contributed by atoms with Crippen LogP contribution in [-0.2, 0) is 19.1 Å². The highest BCUT2D eigenvalue weighted by molar-refractivity contribution is 7.15. The summed E-state index contributed by atoms with van der Waals surface area (Å²) in [4.78, 5) is 48.0. The zero-order chi connectivity index (χ0) is 26.0. The van der Waals surface area contributed by atoms with Crippen LogP contribution in [0.3, 0.4) is 0 Å². The van der Waals surface area contributed by atoms with Crippen molar-refractivity contribution in [3.8, 4) is 11.1 Å². The molecule has 190 valence electrons. The predicted octanol–water partition coefficient (Wildman–Crippen LogP) is 2.63. The second kappa shape index (κ2) is 13.6. The van der Waals surface area contributed by atoms with Crippen molar-refractivity contribution in [2.24, 2.45) is 0 Å². The number of amides is 1. The van der Waals surface area contributed by atoms with Gasteiger partial charge in [-0.1, -0.05) is 36.8 Å². The van der Waals surface area contributed by atoms with Crippen molar-refractivity contribution in [3.05, 3.63) is 40.8 Å². The van der Waals surface area contributed by atoms with Gasteiger partial charge in [-0.15, -0.1) is 11.3 Å². The summed E-state index contributed by atoms with van der Waals surface area (Å²) in [6.45, 7) is 11.3. The predicted molar refractivity (Wildman–Crippen MR) is 133 cm³/mol. The van der Waals surface area contributed by atoms with Gasteiger partial charge in [0, 0.05) is 37.1 Å². The normalized spacial score (nSPS) is 13.9. The van der Waals surface area contributed by atoms with Crippen LogP contribution in [0.4, 0.5) is 5.00 Å². The Labute approximate surface area is 208 Å². The van der Waals surface area contributed by atoms with E-state index < -0.39 is 17.9 Å². The topological polar surface area (TPSA) is 136 Å². The van der Waals surface area contributed by atoms with E-state index in [9.17, 15) is 9.59 Å². The number of nitrogens with one attached hydrogen (secondary N) is 1. The van der Waals surface area contributed by atoms with Crippen molar-refractivity contribution in [3.63, 3.8) is 0 Å². The Kier molecular flexibility index (Phi) is 10.8. The third-order valence-electron chi connectivity index (χ3n) is 5.35. The van der Waals surface area contributed by atoms with E-state index in [1.165, 1.54) is 11.3 Å². The summed E-state index contributed by atoms with van der Waals surface area (Å²) in [6, 6.07) is 7.99. The van der Waals surface area contributed by atoms with E-state index in [1.54, 1.807) is 6.92 Å². The Morgan fingerprint density at radius 2 is 1.54 bits per heavy atom. The minimum Gasteiger partial charge on any atom is -0.473 e. The number of carbonyl (C=O) groups excluding carboxylic acids is 2. The summed E-state index contributed by atoms with van der Waals surface area (Å²) in [6.07, 6.45) is 0. The number of carboxylic acid groups (broad SMARTS) is 2. The third-order valence-corrected chi connectivity index (χ3v) is 6.24. The average molecular weight is 506 g/mol. The number of esters is 1. The lowest BCUT2D eigenvalue weighted by molar-refractivity contribution is -0.159. The number of piperazine rings is 1. The molecule has 0 unspecified atom stereocenters. The molecule has 1 aromatic heterocycles. The first-order chi connectivity index (χ1) is 16.7. The molecule has 0 radical (unpaired) electrons. The fourth-order valence-corrected chi connectivity index (χ4v) is 4.41. The van der Waals surface area contributed by atoms with Gasteiger partial charge in [-0.05, 0) is 26.0 Å². The highest BCUT2D eigenvalue weighted by Gasteiger charge is 2.24. The van der Waals surface area contributed by atoms with Crippen LogP contribution in [0.2, 0.25) is 0 Å². The molecule has 10 nitrogen and oxygen atoms in total. The van der Waals surface area contributed by atoms with Gasteiger partial charge < -0.3 is 25.2 Å². The Hall–Kier alpha value is -3.28. The second-order valence-electron chi connectivity index (χ2n) is 7.81. The number of carboxylic acids is 2. The number of nitrogens with zero attached hydrogens (tertiary/aromatic N) is 2. The molecular weight excluding hydrogens is 474 g/mol. The number of hydrogen-bond acceptors (Lipinski definition) is 8. The minimum absolute atomic E-state index is 0.0993. The summed E-state index contributed by atoms with van der Waals surface area (Å²) in [5.74, 6) is -4.15. The van der Waals surface area contributed by atoms with Crippen LogP contribution in [0.15, 0.2) is 29.6 Å². The summed E-state index contributed by atoms with van der Waals surface area (Å²) < 4.78 is 5.27. The van der Waals surface area contributed by atoms with Crippen molar-refractivity contribution >= 4 is 40.2 Å². The van der Waals surface area contributed by atoms with E-state index >= 15 is 0 Å². The van der Waals surface area contributed by atoms with E-state index in [2.05, 4.69) is 22.0 Å². The SMILES string of the molecule is CCOC(=O)c1c(-c2ccc(C)cc2)csc1NC(=O)CN1CCN(CC)CC1.O=C(O)C(=O)O. The Bertz CT molecular complexity index is 1020. The van der Waals surface area contributed by atoms with Gasteiger partial charge in [0.15, 0.2) is 0 Å². The lowest BCUT2D eigenvalue weighted by Gasteiger charge is -2.33. The molecule has 1 aromatic carbocycles. The van der Waals surface area contributed by atoms with E-state index in [-0.39, 0.29) is 12.5 Å². The minimum atomic E-state index is -1.82. The average Bonchev–Trinajstić information content (AvgIpc) is 3.24. The van der Waals surface area contributed by atoms with Crippen LogP contribution >= 0.6 is 11.3 Å². The number of aliphatic carboxylic acids is 2. The van der Waals surface area contributed by atoms with Crippen LogP contribution in [0.25, 0.3) is 11.1 Å². The van der Waals surface area contributed by atoms with Crippen LogP contribution < -0.4 is 5.32 Å². The molecule has 3 N–H and O–H groups in total. The fraction of sp³-hybridized carbons (Fsp3) is 0.417. The molecule has 0 bridgehead atoms. The van der Waals surface area contributed by atoms with Crippen molar-refractivity contribution < 1.29 is 34.1 Å². The van der Waals surface area contributed by atoms with Crippen LogP contribution in [0, 0.1) is 6.92 Å². The van der Waals surface area contributed by atoms with E-state index in [4.69, 9.17) is 24.5 Å². The van der Waals surface area contributed by atoms with Crippen molar-refractivity contribution in [1.29, 1.82) is 0 Å². The Morgan fingerprint density at radius 3 is 2.06 bits per heavy atom. The zero-order valence-electron chi connectivity index (χ0n) is 20.1. The largest absolute Gasteiger partial charge is 0.473 e. The molecule has 0 spiro atoms. The van der Waals surface area contributed by atoms with E-state index in [1.807, 2.05) is 36.6 Å². The molecule has 11 heteroatoms. The number of thiophene rings is 1. The van der Waals surface area contributed by atoms with Gasteiger partial charge in [0.25, 0.3) is 0 Å². The fourth-order valence-electron chi connectivity index (χ4n) is 3.43. The molecule has 1 saturated heterocycles. The van der Waals surface area contributed by atoms with Gasteiger partial charge in [0.2, 0.25) is 5.91 Å². The number of likely N-dealkylation sites (N-methyl/N-ethyl adjacent to an activating group) is 1. The Balaban J connectivity index is 0.000000641. The maximum Gasteiger partial charge on any atom is 0.414 e. The molecular formula is C24H31N3O7S. The van der Waals surface area contributed by atoms with Crippen LogP contribution in [-0.4, -0.2) is 89.7 Å². The van der Waals surface area contributed by atoms with Gasteiger partial charge in [0.1, 0.15) is 10.6 Å². The number of benzene rings is 1. The van der Waals surface area contributed by atoms with E-state index in [0.717, 1.165) is 49.4 Å². The van der Waals surface area contributed by atoms with Gasteiger partial charge in [-0.3, -0.25) is 9.69 Å². The third kappa shape index (κ3) is 8.46. The lowest BCUT2D eigenvalue weighted by Crippen LogP contribution is -2.48. The molecule has 1 fully saturated rings. The standard InChI is InChI=1S/C22H29N3O3S.C2H2O4/c1-4-24-10-12-25(13-11-24)14-19(26)23-21-20(22(27)28-5-2)18(15-29-21)17-8-6-16(3)7-9-17;3-1(4)2(5)6/h6-9,15H,4-5,10-14H2,1-3H3,(H,23,26);(H,3,4)(H,5,6). The molecule has 1 aliphatic rings. The molecule has 1 aliphatic heterocycles. The first kappa shape index (κ1) is 28.0.